The molecule has 4 N–H and O–H groups in total. The van der Waals surface area contributed by atoms with Gasteiger partial charge in [-0.2, -0.15) is 0 Å². The van der Waals surface area contributed by atoms with Crippen LogP contribution in [-0.4, -0.2) is 75.0 Å². The van der Waals surface area contributed by atoms with Crippen molar-refractivity contribution in [2.75, 3.05) is 18.6 Å². The lowest BCUT2D eigenvalue weighted by Gasteiger charge is -2.49. The summed E-state index contributed by atoms with van der Waals surface area (Å²) in [5.41, 5.74) is 6.29. The second-order valence-electron chi connectivity index (χ2n) is 7.25. The molecule has 0 aromatic carbocycles. The number of carbonyl (C=O) groups excluding carboxylic acids is 2. The van der Waals surface area contributed by atoms with Gasteiger partial charge in [-0.15, -0.1) is 23.1 Å². The molecule has 2 saturated heterocycles. The number of aromatic nitrogens is 1. The molecule has 11 nitrogen and oxygen atoms in total. The number of thiazole rings is 1. The van der Waals surface area contributed by atoms with Crippen LogP contribution in [0.5, 0.6) is 0 Å². The van der Waals surface area contributed by atoms with E-state index in [-0.39, 0.29) is 34.4 Å². The zero-order valence-corrected chi connectivity index (χ0v) is 18.4. The molecular weight excluding hydrogens is 446 g/mol. The summed E-state index contributed by atoms with van der Waals surface area (Å²) in [5, 5.41) is 17.4. The summed E-state index contributed by atoms with van der Waals surface area (Å²) in [5.74, 6) is -1.94. The van der Waals surface area contributed by atoms with Crippen molar-refractivity contribution in [2.24, 2.45) is 5.16 Å². The maximum atomic E-state index is 12.8. The number of thioether (sulfide) groups is 1. The maximum absolute atomic E-state index is 12.8. The predicted octanol–water partition coefficient (Wildman–Crippen LogP) is 0.382. The average Bonchev–Trinajstić information content (AvgIpc) is 3.36. The van der Waals surface area contributed by atoms with Crippen LogP contribution in [0.15, 0.2) is 21.8 Å². The van der Waals surface area contributed by atoms with Crippen molar-refractivity contribution in [3.05, 3.63) is 22.3 Å². The zero-order chi connectivity index (χ0) is 22.3. The standard InChI is InChI=1S/C18H21N5O6S2/c1-7-3-4-10(29-7)8-5-30-16-12(15(25)23(16)13(8)17(26)27)21-14(24)11(22-28-2)9-6-31-18(19)20-9/h6-7,10,12,16H,3-5H2,1-2H3,(H2,19,20)(H,21,24)(H,26,27)/b22-11-/t7-,10-,12-,16-/m1/s1. The van der Waals surface area contributed by atoms with E-state index in [1.807, 2.05) is 6.92 Å². The van der Waals surface area contributed by atoms with Crippen molar-refractivity contribution in [2.45, 2.75) is 43.4 Å². The molecule has 31 heavy (non-hydrogen) atoms. The predicted molar refractivity (Wildman–Crippen MR) is 113 cm³/mol. The van der Waals surface area contributed by atoms with E-state index in [1.54, 1.807) is 5.38 Å². The number of amides is 2. The third kappa shape index (κ3) is 3.88. The molecule has 0 radical (unpaired) electrons. The number of aliphatic carboxylic acids is 1. The first-order valence-electron chi connectivity index (χ1n) is 9.51. The molecule has 4 rings (SSSR count). The third-order valence-corrected chi connectivity index (χ3v) is 7.25. The number of nitrogens with one attached hydrogen (secondary N) is 1. The van der Waals surface area contributed by atoms with E-state index >= 15 is 0 Å². The molecule has 2 amide bonds. The van der Waals surface area contributed by atoms with Gasteiger partial charge in [0.05, 0.1) is 12.2 Å². The highest BCUT2D eigenvalue weighted by atomic mass is 32.2. The highest BCUT2D eigenvalue weighted by Gasteiger charge is 2.55. The first kappa shape index (κ1) is 21.6. The Labute approximate surface area is 185 Å². The van der Waals surface area contributed by atoms with E-state index in [1.165, 1.54) is 23.8 Å². The maximum Gasteiger partial charge on any atom is 0.352 e. The molecule has 3 aliphatic heterocycles. The smallest absolute Gasteiger partial charge is 0.352 e. The number of anilines is 1. The number of fused-ring (bicyclic) bond motifs is 1. The van der Waals surface area contributed by atoms with Crippen LogP contribution < -0.4 is 11.1 Å². The van der Waals surface area contributed by atoms with Crippen LogP contribution in [0, 0.1) is 0 Å². The molecule has 2 fully saturated rings. The minimum Gasteiger partial charge on any atom is -0.477 e. The molecule has 1 aromatic rings. The summed E-state index contributed by atoms with van der Waals surface area (Å²) >= 11 is 2.53. The highest BCUT2D eigenvalue weighted by molar-refractivity contribution is 8.00. The van der Waals surface area contributed by atoms with E-state index in [0.717, 1.165) is 17.8 Å². The fourth-order valence-corrected chi connectivity index (χ4v) is 5.81. The van der Waals surface area contributed by atoms with Crippen LogP contribution >= 0.6 is 23.1 Å². The Morgan fingerprint density at radius 1 is 1.45 bits per heavy atom. The van der Waals surface area contributed by atoms with Crippen LogP contribution in [0.4, 0.5) is 5.13 Å². The zero-order valence-electron chi connectivity index (χ0n) is 16.7. The molecule has 1 aromatic heterocycles. The van der Waals surface area contributed by atoms with Gasteiger partial charge in [-0.1, -0.05) is 5.16 Å². The number of ether oxygens (including phenoxy) is 1. The third-order valence-electron chi connectivity index (χ3n) is 5.27. The molecule has 4 atom stereocenters. The first-order chi connectivity index (χ1) is 14.8. The normalized spacial score (nSPS) is 28.3. The van der Waals surface area contributed by atoms with E-state index in [9.17, 15) is 19.5 Å². The van der Waals surface area contributed by atoms with Crippen LogP contribution in [0.2, 0.25) is 0 Å². The lowest BCUT2D eigenvalue weighted by molar-refractivity contribution is -0.150. The number of β-lactam (4-membered cyclic amide) rings is 1. The van der Waals surface area contributed by atoms with Gasteiger partial charge in [-0.3, -0.25) is 14.5 Å². The molecule has 0 saturated carbocycles. The summed E-state index contributed by atoms with van der Waals surface area (Å²) in [4.78, 5) is 47.6. The summed E-state index contributed by atoms with van der Waals surface area (Å²) in [6, 6.07) is -0.894. The molecule has 0 spiro atoms. The van der Waals surface area contributed by atoms with Crippen molar-refractivity contribution in [3.63, 3.8) is 0 Å². The van der Waals surface area contributed by atoms with Gasteiger partial charge in [0.15, 0.2) is 10.8 Å². The topological polar surface area (TPSA) is 156 Å². The SMILES string of the molecule is CO/N=C(\C(=O)N[C@@H]1C(=O)N2C(C(=O)O)=C([C@H]3CC[C@@H](C)O3)CS[C@H]12)c1csc(N)n1. The Morgan fingerprint density at radius 3 is 2.81 bits per heavy atom. The Kier molecular flexibility index (Phi) is 5.90. The Bertz CT molecular complexity index is 992. The summed E-state index contributed by atoms with van der Waals surface area (Å²) in [6.07, 6.45) is 1.29. The van der Waals surface area contributed by atoms with Crippen LogP contribution in [0.1, 0.15) is 25.5 Å². The van der Waals surface area contributed by atoms with Gasteiger partial charge in [0.25, 0.3) is 11.8 Å². The first-order valence-corrected chi connectivity index (χ1v) is 11.4. The molecule has 0 bridgehead atoms. The van der Waals surface area contributed by atoms with Crippen molar-refractivity contribution in [1.82, 2.24) is 15.2 Å². The second kappa shape index (κ2) is 8.48. The minimum absolute atomic E-state index is 0.0450. The Balaban J connectivity index is 1.53. The van der Waals surface area contributed by atoms with Crippen molar-refractivity contribution in [1.29, 1.82) is 0 Å². The van der Waals surface area contributed by atoms with Gasteiger partial charge in [-0.05, 0) is 25.3 Å². The van der Waals surface area contributed by atoms with Gasteiger partial charge in [0, 0.05) is 11.1 Å². The average molecular weight is 468 g/mol. The Hall–Kier alpha value is -2.64. The van der Waals surface area contributed by atoms with E-state index in [0.29, 0.717) is 17.7 Å². The van der Waals surface area contributed by atoms with Gasteiger partial charge in [-0.25, -0.2) is 9.78 Å². The van der Waals surface area contributed by atoms with Crippen molar-refractivity contribution < 1.29 is 29.1 Å². The molecule has 4 heterocycles. The molecule has 0 aliphatic carbocycles. The monoisotopic (exact) mass is 467 g/mol. The number of carboxylic acid groups (broad SMARTS) is 1. The van der Waals surface area contributed by atoms with Crippen molar-refractivity contribution >= 4 is 51.7 Å². The van der Waals surface area contributed by atoms with E-state index in [2.05, 4.69) is 15.5 Å². The largest absolute Gasteiger partial charge is 0.477 e. The number of carboxylic acids is 1. The summed E-state index contributed by atoms with van der Waals surface area (Å²) in [6.45, 7) is 1.94. The number of carbonyl (C=O) groups is 3. The summed E-state index contributed by atoms with van der Waals surface area (Å²) < 4.78 is 5.84. The quantitative estimate of drug-likeness (QED) is 0.306. The fraction of sp³-hybridized carbons (Fsp3) is 0.500. The number of nitrogen functional groups attached to an aromatic ring is 1. The van der Waals surface area contributed by atoms with Crippen molar-refractivity contribution in [3.8, 4) is 0 Å². The number of oxime groups is 1. The number of rotatable bonds is 6. The van der Waals surface area contributed by atoms with Gasteiger partial charge in [0.2, 0.25) is 0 Å². The lowest BCUT2D eigenvalue weighted by atomic mass is 9.99. The molecular formula is C18H21N5O6S2. The lowest BCUT2D eigenvalue weighted by Crippen LogP contribution is -2.71. The van der Waals surface area contributed by atoms with E-state index in [4.69, 9.17) is 15.3 Å². The second-order valence-corrected chi connectivity index (χ2v) is 9.24. The molecule has 3 aliphatic rings. The number of nitrogens with zero attached hydrogens (tertiary/aromatic N) is 3. The fourth-order valence-electron chi connectivity index (χ4n) is 3.85. The molecule has 0 unspecified atom stereocenters. The highest BCUT2D eigenvalue weighted by Crippen LogP contribution is 2.43. The molecule has 13 heteroatoms. The minimum atomic E-state index is -1.18. The van der Waals surface area contributed by atoms with Gasteiger partial charge in [0.1, 0.15) is 29.9 Å². The van der Waals surface area contributed by atoms with Gasteiger partial charge >= 0.3 is 5.97 Å². The van der Waals surface area contributed by atoms with Crippen LogP contribution in [-0.2, 0) is 24.0 Å². The summed E-state index contributed by atoms with van der Waals surface area (Å²) in [7, 11) is 1.29. The van der Waals surface area contributed by atoms with Crippen LogP contribution in [0.25, 0.3) is 0 Å². The number of nitrogens with two attached hydrogens (primary N) is 1. The Morgan fingerprint density at radius 2 is 2.23 bits per heavy atom. The molecule has 166 valence electrons. The van der Waals surface area contributed by atoms with Gasteiger partial charge < -0.3 is 25.7 Å². The number of hydrogen-bond acceptors (Lipinski definition) is 10. The van der Waals surface area contributed by atoms with Crippen LogP contribution in [0.3, 0.4) is 0 Å². The van der Waals surface area contributed by atoms with E-state index < -0.39 is 29.2 Å². The number of hydrogen-bond donors (Lipinski definition) is 3.